The van der Waals surface area contributed by atoms with Gasteiger partial charge in [-0.1, -0.05) is 6.92 Å². The van der Waals surface area contributed by atoms with Gasteiger partial charge in [-0.15, -0.1) is 22.7 Å². The van der Waals surface area contributed by atoms with Gasteiger partial charge in [-0.25, -0.2) is 13.4 Å². The fourth-order valence-corrected chi connectivity index (χ4v) is 6.22. The molecular formula is C11H13BrN2O2S3. The highest BCUT2D eigenvalue weighted by Gasteiger charge is 2.21. The molecule has 4 nitrogen and oxygen atoms in total. The van der Waals surface area contributed by atoms with Crippen molar-refractivity contribution >= 4 is 53.8 Å². The Kier molecular flexibility index (Phi) is 4.34. The van der Waals surface area contributed by atoms with E-state index in [1.54, 1.807) is 13.0 Å². The van der Waals surface area contributed by atoms with Crippen LogP contribution in [0.2, 0.25) is 0 Å². The minimum atomic E-state index is -3.56. The van der Waals surface area contributed by atoms with Crippen LogP contribution in [0.15, 0.2) is 14.7 Å². The van der Waals surface area contributed by atoms with Gasteiger partial charge in [0.1, 0.15) is 4.90 Å². The minimum Gasteiger partial charge on any atom is -0.255 e. The third-order valence-electron chi connectivity index (χ3n) is 2.58. The molecule has 8 heteroatoms. The molecule has 0 amide bonds. The number of hydrogen-bond acceptors (Lipinski definition) is 5. The summed E-state index contributed by atoms with van der Waals surface area (Å²) in [6.07, 6.45) is 0.799. The van der Waals surface area contributed by atoms with Crippen molar-refractivity contribution in [2.24, 2.45) is 0 Å². The van der Waals surface area contributed by atoms with Crippen molar-refractivity contribution in [1.82, 2.24) is 4.98 Å². The Hall–Kier alpha value is -0.440. The van der Waals surface area contributed by atoms with Gasteiger partial charge in [0.05, 0.1) is 9.48 Å². The highest BCUT2D eigenvalue weighted by Crippen LogP contribution is 2.32. The van der Waals surface area contributed by atoms with Crippen molar-refractivity contribution in [2.45, 2.75) is 32.1 Å². The maximum atomic E-state index is 12.3. The van der Waals surface area contributed by atoms with Crippen LogP contribution < -0.4 is 4.72 Å². The summed E-state index contributed by atoms with van der Waals surface area (Å²) >= 11 is 6.06. The van der Waals surface area contributed by atoms with E-state index in [0.29, 0.717) is 10.0 Å². The summed E-state index contributed by atoms with van der Waals surface area (Å²) in [7, 11) is -3.56. The molecule has 0 aromatic carbocycles. The maximum absolute atomic E-state index is 12.3. The molecule has 0 radical (unpaired) electrons. The second kappa shape index (κ2) is 5.51. The van der Waals surface area contributed by atoms with Gasteiger partial charge in [0.25, 0.3) is 10.0 Å². The topological polar surface area (TPSA) is 59.1 Å². The molecule has 0 bridgehead atoms. The number of aromatic nitrogens is 1. The van der Waals surface area contributed by atoms with Gasteiger partial charge in [0.2, 0.25) is 0 Å². The predicted octanol–water partition coefficient (Wildman–Crippen LogP) is 3.95. The van der Waals surface area contributed by atoms with E-state index in [-0.39, 0.29) is 0 Å². The lowest BCUT2D eigenvalue weighted by atomic mass is 10.3. The Morgan fingerprint density at radius 1 is 1.32 bits per heavy atom. The highest BCUT2D eigenvalue weighted by atomic mass is 79.9. The average Bonchev–Trinajstić information content (AvgIpc) is 2.81. The third-order valence-corrected chi connectivity index (χ3v) is 6.79. The Balaban J connectivity index is 2.33. The van der Waals surface area contributed by atoms with Crippen LogP contribution in [-0.4, -0.2) is 13.4 Å². The van der Waals surface area contributed by atoms with Crippen LogP contribution in [0.25, 0.3) is 0 Å². The molecule has 2 aromatic rings. The van der Waals surface area contributed by atoms with E-state index in [2.05, 4.69) is 25.6 Å². The van der Waals surface area contributed by atoms with Crippen LogP contribution in [0.3, 0.4) is 0 Å². The Morgan fingerprint density at radius 3 is 2.47 bits per heavy atom. The molecule has 0 aliphatic rings. The summed E-state index contributed by atoms with van der Waals surface area (Å²) in [5.74, 6) is 0. The smallest absolute Gasteiger partial charge is 0.255 e. The van der Waals surface area contributed by atoms with Crippen molar-refractivity contribution in [3.05, 3.63) is 25.3 Å². The van der Waals surface area contributed by atoms with Crippen LogP contribution in [0.4, 0.5) is 5.13 Å². The largest absolute Gasteiger partial charge is 0.264 e. The molecule has 0 aliphatic heterocycles. The lowest BCUT2D eigenvalue weighted by Gasteiger charge is -2.03. The van der Waals surface area contributed by atoms with Gasteiger partial charge in [0, 0.05) is 9.75 Å². The summed E-state index contributed by atoms with van der Waals surface area (Å²) < 4.78 is 27.9. The Bertz CT molecular complexity index is 704. The summed E-state index contributed by atoms with van der Waals surface area (Å²) in [5.41, 5.74) is 0.936. The van der Waals surface area contributed by atoms with E-state index in [9.17, 15) is 8.42 Å². The Labute approximate surface area is 129 Å². The number of thiophene rings is 1. The molecule has 0 saturated heterocycles. The van der Waals surface area contributed by atoms with E-state index >= 15 is 0 Å². The second-order valence-corrected chi connectivity index (χ2v) is 9.44. The van der Waals surface area contributed by atoms with Gasteiger partial charge in [0.15, 0.2) is 5.13 Å². The van der Waals surface area contributed by atoms with Crippen molar-refractivity contribution < 1.29 is 8.42 Å². The number of rotatable bonds is 4. The first-order chi connectivity index (χ1) is 8.83. The number of halogens is 1. The van der Waals surface area contributed by atoms with E-state index in [0.717, 1.165) is 25.7 Å². The number of nitrogens with zero attached hydrogens (tertiary/aromatic N) is 1. The van der Waals surface area contributed by atoms with Gasteiger partial charge < -0.3 is 0 Å². The number of thiazole rings is 1. The van der Waals surface area contributed by atoms with Crippen LogP contribution in [0.5, 0.6) is 0 Å². The van der Waals surface area contributed by atoms with E-state index in [1.807, 2.05) is 13.8 Å². The van der Waals surface area contributed by atoms with Crippen molar-refractivity contribution in [3.63, 3.8) is 0 Å². The predicted molar refractivity (Wildman–Crippen MR) is 83.8 cm³/mol. The molecule has 0 fully saturated rings. The first kappa shape index (κ1) is 15.0. The number of aryl methyl sites for hydroxylation is 3. The van der Waals surface area contributed by atoms with Crippen molar-refractivity contribution in [3.8, 4) is 0 Å². The second-order valence-electron chi connectivity index (χ2n) is 3.95. The SMILES string of the molecule is CCc1nc(NS(=O)(=O)c2cc(Br)sc2C)sc1C. The summed E-state index contributed by atoms with van der Waals surface area (Å²) in [6.45, 7) is 5.73. The number of hydrogen-bond donors (Lipinski definition) is 1. The van der Waals surface area contributed by atoms with Gasteiger partial charge >= 0.3 is 0 Å². The lowest BCUT2D eigenvalue weighted by Crippen LogP contribution is -2.12. The molecule has 0 aliphatic carbocycles. The maximum Gasteiger partial charge on any atom is 0.264 e. The monoisotopic (exact) mass is 380 g/mol. The van der Waals surface area contributed by atoms with E-state index < -0.39 is 10.0 Å². The standard InChI is InChI=1S/C11H13BrN2O2S3/c1-4-8-6(2)18-11(13-8)14-19(15,16)9-5-10(12)17-7(9)3/h5H,4H2,1-3H3,(H,13,14). The summed E-state index contributed by atoms with van der Waals surface area (Å²) in [6, 6.07) is 1.61. The molecule has 2 aromatic heterocycles. The van der Waals surface area contributed by atoms with E-state index in [1.165, 1.54) is 22.7 Å². The quantitative estimate of drug-likeness (QED) is 0.873. The first-order valence-corrected chi connectivity index (χ1v) is 9.49. The fourth-order valence-electron chi connectivity index (χ4n) is 1.67. The fraction of sp³-hybridized carbons (Fsp3) is 0.364. The van der Waals surface area contributed by atoms with Gasteiger partial charge in [-0.3, -0.25) is 4.72 Å². The highest BCUT2D eigenvalue weighted by molar-refractivity contribution is 9.11. The van der Waals surface area contributed by atoms with Crippen molar-refractivity contribution in [1.29, 1.82) is 0 Å². The molecule has 104 valence electrons. The van der Waals surface area contributed by atoms with E-state index in [4.69, 9.17) is 0 Å². The lowest BCUT2D eigenvalue weighted by molar-refractivity contribution is 0.601. The number of sulfonamides is 1. The van der Waals surface area contributed by atoms with Crippen LogP contribution in [0.1, 0.15) is 22.4 Å². The van der Waals surface area contributed by atoms with Crippen LogP contribution in [-0.2, 0) is 16.4 Å². The van der Waals surface area contributed by atoms with Gasteiger partial charge in [-0.2, -0.15) is 0 Å². The molecule has 2 rings (SSSR count). The van der Waals surface area contributed by atoms with Crippen molar-refractivity contribution in [2.75, 3.05) is 4.72 Å². The molecule has 0 saturated carbocycles. The zero-order valence-electron chi connectivity index (χ0n) is 10.7. The zero-order chi connectivity index (χ0) is 14.2. The minimum absolute atomic E-state index is 0.301. The number of anilines is 1. The molecule has 1 N–H and O–H groups in total. The summed E-state index contributed by atoms with van der Waals surface area (Å²) in [5, 5.41) is 0.427. The van der Waals surface area contributed by atoms with Crippen LogP contribution in [0, 0.1) is 13.8 Å². The molecular weight excluding hydrogens is 368 g/mol. The molecule has 2 heterocycles. The average molecular weight is 381 g/mol. The Morgan fingerprint density at radius 2 is 2.00 bits per heavy atom. The summed E-state index contributed by atoms with van der Waals surface area (Å²) in [4.78, 5) is 6.39. The molecule has 0 atom stereocenters. The molecule has 0 spiro atoms. The third kappa shape index (κ3) is 3.18. The molecule has 0 unspecified atom stereocenters. The first-order valence-electron chi connectivity index (χ1n) is 5.58. The normalized spacial score (nSPS) is 11.8. The van der Waals surface area contributed by atoms with Gasteiger partial charge in [-0.05, 0) is 42.3 Å². The zero-order valence-corrected chi connectivity index (χ0v) is 14.7. The van der Waals surface area contributed by atoms with Crippen LogP contribution >= 0.6 is 38.6 Å². The number of nitrogens with one attached hydrogen (secondary N) is 1. The molecule has 19 heavy (non-hydrogen) atoms.